The molecule has 0 aliphatic rings. The summed E-state index contributed by atoms with van der Waals surface area (Å²) < 4.78 is 1.87. The number of nitrogens with two attached hydrogens (primary N) is 1. The predicted molar refractivity (Wildman–Crippen MR) is 70.4 cm³/mol. The molecule has 4 heteroatoms. The van der Waals surface area contributed by atoms with Crippen LogP contribution in [0.25, 0.3) is 5.69 Å². The first-order valence-electron chi connectivity index (χ1n) is 5.87. The summed E-state index contributed by atoms with van der Waals surface area (Å²) in [6, 6.07) is 9.44. The van der Waals surface area contributed by atoms with E-state index in [0.29, 0.717) is 5.56 Å². The van der Waals surface area contributed by atoms with Crippen molar-refractivity contribution in [1.29, 1.82) is 5.26 Å². The van der Waals surface area contributed by atoms with Crippen LogP contribution in [0.3, 0.4) is 0 Å². The highest BCUT2D eigenvalue weighted by molar-refractivity contribution is 5.42. The Balaban J connectivity index is 2.51. The zero-order valence-electron chi connectivity index (χ0n) is 10.8. The minimum absolute atomic E-state index is 0.0304. The van der Waals surface area contributed by atoms with Crippen LogP contribution < -0.4 is 5.73 Å². The SMILES string of the molecule is Cc1nn(-c2ccc(C#N)cc2)c(C)c1C(C)N. The Labute approximate surface area is 107 Å². The van der Waals surface area contributed by atoms with Gasteiger partial charge in [0.2, 0.25) is 0 Å². The van der Waals surface area contributed by atoms with E-state index in [2.05, 4.69) is 11.2 Å². The van der Waals surface area contributed by atoms with Crippen molar-refractivity contribution < 1.29 is 0 Å². The zero-order valence-corrected chi connectivity index (χ0v) is 10.8. The predicted octanol–water partition coefficient (Wildman–Crippen LogP) is 2.38. The number of hydrogen-bond donors (Lipinski definition) is 1. The summed E-state index contributed by atoms with van der Waals surface area (Å²) in [5.74, 6) is 0. The average Bonchev–Trinajstić information content (AvgIpc) is 2.65. The molecule has 0 fully saturated rings. The summed E-state index contributed by atoms with van der Waals surface area (Å²) in [7, 11) is 0. The molecule has 92 valence electrons. The van der Waals surface area contributed by atoms with Crippen LogP contribution in [0.4, 0.5) is 0 Å². The van der Waals surface area contributed by atoms with E-state index in [0.717, 1.165) is 22.6 Å². The highest BCUT2D eigenvalue weighted by Crippen LogP contribution is 2.22. The minimum Gasteiger partial charge on any atom is -0.324 e. The van der Waals surface area contributed by atoms with Crippen molar-refractivity contribution in [3.8, 4) is 11.8 Å². The van der Waals surface area contributed by atoms with Crippen LogP contribution in [0.1, 0.15) is 35.5 Å². The number of hydrogen-bond acceptors (Lipinski definition) is 3. The van der Waals surface area contributed by atoms with Crippen molar-refractivity contribution in [2.75, 3.05) is 0 Å². The number of nitriles is 1. The minimum atomic E-state index is -0.0304. The molecule has 2 N–H and O–H groups in total. The molecule has 0 spiro atoms. The van der Waals surface area contributed by atoms with Crippen molar-refractivity contribution in [1.82, 2.24) is 9.78 Å². The van der Waals surface area contributed by atoms with Gasteiger partial charge in [0.15, 0.2) is 0 Å². The van der Waals surface area contributed by atoms with Crippen molar-refractivity contribution in [2.24, 2.45) is 5.73 Å². The average molecular weight is 240 g/mol. The molecule has 0 radical (unpaired) electrons. The second-order valence-corrected chi connectivity index (χ2v) is 4.44. The lowest BCUT2D eigenvalue weighted by Crippen LogP contribution is -2.07. The van der Waals surface area contributed by atoms with Gasteiger partial charge in [-0.1, -0.05) is 0 Å². The van der Waals surface area contributed by atoms with E-state index in [4.69, 9.17) is 11.0 Å². The maximum absolute atomic E-state index is 8.79. The van der Waals surface area contributed by atoms with Gasteiger partial charge in [0.1, 0.15) is 0 Å². The summed E-state index contributed by atoms with van der Waals surface area (Å²) >= 11 is 0. The molecular formula is C14H16N4. The lowest BCUT2D eigenvalue weighted by atomic mass is 10.1. The van der Waals surface area contributed by atoms with E-state index in [1.807, 2.05) is 37.6 Å². The molecule has 1 aromatic carbocycles. The molecule has 0 bridgehead atoms. The summed E-state index contributed by atoms with van der Waals surface area (Å²) in [5, 5.41) is 13.3. The number of aryl methyl sites for hydroxylation is 1. The van der Waals surface area contributed by atoms with Gasteiger partial charge < -0.3 is 5.73 Å². The molecule has 2 aromatic rings. The maximum atomic E-state index is 8.79. The molecule has 0 amide bonds. The third-order valence-corrected chi connectivity index (χ3v) is 3.04. The second kappa shape index (κ2) is 4.63. The van der Waals surface area contributed by atoms with Crippen LogP contribution in [0.2, 0.25) is 0 Å². The Morgan fingerprint density at radius 2 is 1.89 bits per heavy atom. The lowest BCUT2D eigenvalue weighted by Gasteiger charge is -2.07. The van der Waals surface area contributed by atoms with Crippen molar-refractivity contribution in [3.63, 3.8) is 0 Å². The highest BCUT2D eigenvalue weighted by atomic mass is 15.3. The first kappa shape index (κ1) is 12.3. The first-order chi connectivity index (χ1) is 8.54. The Hall–Kier alpha value is -2.12. The van der Waals surface area contributed by atoms with E-state index in [1.54, 1.807) is 12.1 Å². The summed E-state index contributed by atoms with van der Waals surface area (Å²) in [4.78, 5) is 0. The van der Waals surface area contributed by atoms with Crippen LogP contribution in [-0.2, 0) is 0 Å². The maximum Gasteiger partial charge on any atom is 0.0991 e. The number of aromatic nitrogens is 2. The normalized spacial score (nSPS) is 12.2. The molecule has 1 unspecified atom stereocenters. The number of rotatable bonds is 2. The standard InChI is InChI=1S/C14H16N4/c1-9(16)14-10(2)17-18(11(14)3)13-6-4-12(8-15)5-7-13/h4-7,9H,16H2,1-3H3. The van der Waals surface area contributed by atoms with Crippen LogP contribution in [-0.4, -0.2) is 9.78 Å². The van der Waals surface area contributed by atoms with E-state index in [9.17, 15) is 0 Å². The largest absolute Gasteiger partial charge is 0.324 e. The summed E-state index contributed by atoms with van der Waals surface area (Å²) in [6.45, 7) is 5.93. The Kier molecular flexibility index (Phi) is 3.17. The Bertz CT molecular complexity index is 600. The second-order valence-electron chi connectivity index (χ2n) is 4.44. The molecule has 18 heavy (non-hydrogen) atoms. The molecular weight excluding hydrogens is 224 g/mol. The molecule has 0 aliphatic heterocycles. The first-order valence-corrected chi connectivity index (χ1v) is 5.87. The molecule has 0 saturated heterocycles. The smallest absolute Gasteiger partial charge is 0.0991 e. The molecule has 1 aromatic heterocycles. The number of benzene rings is 1. The summed E-state index contributed by atoms with van der Waals surface area (Å²) in [6.07, 6.45) is 0. The fourth-order valence-corrected chi connectivity index (χ4v) is 2.24. The van der Waals surface area contributed by atoms with Crippen molar-refractivity contribution >= 4 is 0 Å². The van der Waals surface area contributed by atoms with Crippen LogP contribution in [0.15, 0.2) is 24.3 Å². The van der Waals surface area contributed by atoms with Gasteiger partial charge in [-0.3, -0.25) is 0 Å². The van der Waals surface area contributed by atoms with E-state index in [1.165, 1.54) is 0 Å². The van der Waals surface area contributed by atoms with Crippen molar-refractivity contribution in [3.05, 3.63) is 46.8 Å². The van der Waals surface area contributed by atoms with Gasteiger partial charge in [0, 0.05) is 17.3 Å². The van der Waals surface area contributed by atoms with Crippen LogP contribution in [0.5, 0.6) is 0 Å². The topological polar surface area (TPSA) is 67.6 Å². The molecule has 1 atom stereocenters. The van der Waals surface area contributed by atoms with Gasteiger partial charge in [-0.05, 0) is 45.0 Å². The molecule has 2 rings (SSSR count). The van der Waals surface area contributed by atoms with Gasteiger partial charge >= 0.3 is 0 Å². The van der Waals surface area contributed by atoms with E-state index >= 15 is 0 Å². The van der Waals surface area contributed by atoms with Crippen molar-refractivity contribution in [2.45, 2.75) is 26.8 Å². The third-order valence-electron chi connectivity index (χ3n) is 3.04. The quantitative estimate of drug-likeness (QED) is 0.876. The van der Waals surface area contributed by atoms with Gasteiger partial charge in [-0.2, -0.15) is 10.4 Å². The monoisotopic (exact) mass is 240 g/mol. The fourth-order valence-electron chi connectivity index (χ4n) is 2.24. The third kappa shape index (κ3) is 2.01. The Morgan fingerprint density at radius 3 is 2.33 bits per heavy atom. The highest BCUT2D eigenvalue weighted by Gasteiger charge is 2.15. The Morgan fingerprint density at radius 1 is 1.28 bits per heavy atom. The molecule has 4 nitrogen and oxygen atoms in total. The van der Waals surface area contributed by atoms with Crippen LogP contribution in [0, 0.1) is 25.2 Å². The lowest BCUT2D eigenvalue weighted by molar-refractivity contribution is 0.795. The molecule has 1 heterocycles. The van der Waals surface area contributed by atoms with E-state index < -0.39 is 0 Å². The molecule has 0 aliphatic carbocycles. The summed E-state index contributed by atoms with van der Waals surface area (Å²) in [5.41, 5.74) is 10.6. The van der Waals surface area contributed by atoms with Gasteiger partial charge in [0.05, 0.1) is 23.0 Å². The van der Waals surface area contributed by atoms with Crippen LogP contribution >= 0.6 is 0 Å². The molecule has 0 saturated carbocycles. The zero-order chi connectivity index (χ0) is 13.3. The fraction of sp³-hybridized carbons (Fsp3) is 0.286. The van der Waals surface area contributed by atoms with Gasteiger partial charge in [-0.15, -0.1) is 0 Å². The van der Waals surface area contributed by atoms with E-state index in [-0.39, 0.29) is 6.04 Å². The number of nitrogens with zero attached hydrogens (tertiary/aromatic N) is 3. The van der Waals surface area contributed by atoms with Gasteiger partial charge in [0.25, 0.3) is 0 Å². The van der Waals surface area contributed by atoms with Gasteiger partial charge in [-0.25, -0.2) is 4.68 Å².